The lowest BCUT2D eigenvalue weighted by Gasteiger charge is -2.16. The Hall–Kier alpha value is -1.76. The van der Waals surface area contributed by atoms with E-state index in [2.05, 4.69) is 15.9 Å². The Morgan fingerprint density at radius 3 is 2.37 bits per heavy atom. The van der Waals surface area contributed by atoms with Gasteiger partial charge >= 0.3 is 17.7 Å². The van der Waals surface area contributed by atoms with Gasteiger partial charge in [0, 0.05) is 4.83 Å². The monoisotopic (exact) mass is 330 g/mol. The van der Waals surface area contributed by atoms with Crippen LogP contribution in [0.5, 0.6) is 11.5 Å². The highest BCUT2D eigenvalue weighted by Gasteiger charge is 2.57. The zero-order valence-electron chi connectivity index (χ0n) is 9.92. The molecule has 0 spiro atoms. The van der Waals surface area contributed by atoms with E-state index in [0.29, 0.717) is 6.42 Å². The number of alkyl halides is 1. The quantitative estimate of drug-likeness (QED) is 0.644. The number of carboxylic acids is 2. The number of hydrogen-bond donors (Lipinski definition) is 2. The van der Waals surface area contributed by atoms with Crippen molar-refractivity contribution in [3.8, 4) is 11.5 Å². The maximum atomic E-state index is 11.1. The van der Waals surface area contributed by atoms with Crippen molar-refractivity contribution < 1.29 is 29.3 Å². The van der Waals surface area contributed by atoms with Gasteiger partial charge < -0.3 is 19.7 Å². The topological polar surface area (TPSA) is 93.1 Å². The van der Waals surface area contributed by atoms with Gasteiger partial charge in [0.2, 0.25) is 0 Å². The van der Waals surface area contributed by atoms with Crippen molar-refractivity contribution in [3.05, 3.63) is 23.8 Å². The van der Waals surface area contributed by atoms with E-state index < -0.39 is 17.7 Å². The molecule has 19 heavy (non-hydrogen) atoms. The highest BCUT2D eigenvalue weighted by atomic mass is 79.9. The Kier molecular flexibility index (Phi) is 3.40. The molecule has 102 valence electrons. The molecule has 0 amide bonds. The van der Waals surface area contributed by atoms with Gasteiger partial charge in [-0.25, -0.2) is 9.59 Å². The van der Waals surface area contributed by atoms with Gasteiger partial charge in [0.15, 0.2) is 11.5 Å². The van der Waals surface area contributed by atoms with Crippen molar-refractivity contribution in [2.45, 2.75) is 24.0 Å². The number of fused-ring (bicyclic) bond motifs is 1. The van der Waals surface area contributed by atoms with Crippen LogP contribution in [0.2, 0.25) is 0 Å². The van der Waals surface area contributed by atoms with Crippen LogP contribution in [0.25, 0.3) is 0 Å². The molecule has 0 saturated heterocycles. The molecule has 6 nitrogen and oxygen atoms in total. The lowest BCUT2D eigenvalue weighted by atomic mass is 10.1. The minimum atomic E-state index is -2.69. The molecule has 1 atom stereocenters. The summed E-state index contributed by atoms with van der Waals surface area (Å²) >= 11 is 3.40. The lowest BCUT2D eigenvalue weighted by Crippen LogP contribution is -2.54. The van der Waals surface area contributed by atoms with Crippen LogP contribution < -0.4 is 9.47 Å². The van der Waals surface area contributed by atoms with E-state index in [1.165, 1.54) is 6.07 Å². The van der Waals surface area contributed by atoms with E-state index in [1.807, 2.05) is 6.92 Å². The molecule has 1 aromatic carbocycles. The lowest BCUT2D eigenvalue weighted by molar-refractivity contribution is -0.194. The fraction of sp³-hybridized carbons (Fsp3) is 0.333. The number of halogens is 1. The Bertz CT molecular complexity index is 525. The highest BCUT2D eigenvalue weighted by molar-refractivity contribution is 9.09. The van der Waals surface area contributed by atoms with Gasteiger partial charge in [-0.15, -0.1) is 0 Å². The third-order valence-corrected chi connectivity index (χ3v) is 2.92. The second kappa shape index (κ2) is 4.73. The van der Waals surface area contributed by atoms with Gasteiger partial charge in [-0.05, 0) is 24.1 Å². The number of benzene rings is 1. The molecule has 1 aromatic rings. The summed E-state index contributed by atoms with van der Waals surface area (Å²) in [6.45, 7) is 1.96. The largest absolute Gasteiger partial charge is 0.475 e. The molecule has 0 unspecified atom stereocenters. The first-order chi connectivity index (χ1) is 8.85. The van der Waals surface area contributed by atoms with Crippen LogP contribution >= 0.6 is 15.9 Å². The predicted octanol–water partition coefficient (Wildman–Crippen LogP) is 1.65. The van der Waals surface area contributed by atoms with Gasteiger partial charge in [0.05, 0.1) is 0 Å². The van der Waals surface area contributed by atoms with Crippen LogP contribution in [-0.2, 0) is 16.0 Å². The molecule has 1 aliphatic rings. The molecule has 7 heteroatoms. The smallest absolute Gasteiger partial charge is 0.453 e. The summed E-state index contributed by atoms with van der Waals surface area (Å²) in [7, 11) is 0. The summed E-state index contributed by atoms with van der Waals surface area (Å²) in [6.07, 6.45) is 0.698. The third kappa shape index (κ3) is 2.37. The van der Waals surface area contributed by atoms with Crippen molar-refractivity contribution >= 4 is 27.9 Å². The normalized spacial score (nSPS) is 16.9. The van der Waals surface area contributed by atoms with Crippen molar-refractivity contribution in [2.75, 3.05) is 0 Å². The standard InChI is InChI=1S/C12H11BrO6/c1-6(13)4-7-2-3-8-9(5-7)19-12(18-8,10(14)15)11(16)17/h2-3,5-6H,4H2,1H3,(H,14,15)(H,16,17)/t6-/m0/s1. The van der Waals surface area contributed by atoms with E-state index in [-0.39, 0.29) is 16.3 Å². The maximum Gasteiger partial charge on any atom is 0.453 e. The van der Waals surface area contributed by atoms with Gasteiger partial charge in [-0.2, -0.15) is 0 Å². The molecule has 2 N–H and O–H groups in total. The SMILES string of the molecule is C[C@H](Br)Cc1ccc2c(c1)OC(C(=O)O)(C(=O)O)O2. The van der Waals surface area contributed by atoms with Gasteiger partial charge in [0.1, 0.15) is 0 Å². The number of ether oxygens (including phenoxy) is 2. The van der Waals surface area contributed by atoms with Gasteiger partial charge in [-0.3, -0.25) is 0 Å². The van der Waals surface area contributed by atoms with E-state index in [1.54, 1.807) is 12.1 Å². The molecular formula is C12H11BrO6. The second-order valence-electron chi connectivity index (χ2n) is 4.20. The Morgan fingerprint density at radius 1 is 1.26 bits per heavy atom. The second-order valence-corrected chi connectivity index (χ2v) is 5.76. The fourth-order valence-corrected chi connectivity index (χ4v) is 2.14. The van der Waals surface area contributed by atoms with Crippen LogP contribution in [0.4, 0.5) is 0 Å². The Morgan fingerprint density at radius 2 is 1.84 bits per heavy atom. The molecule has 0 saturated carbocycles. The summed E-state index contributed by atoms with van der Waals surface area (Å²) in [5.74, 6) is -5.87. The third-order valence-electron chi connectivity index (χ3n) is 2.60. The molecule has 0 bridgehead atoms. The Labute approximate surface area is 117 Å². The van der Waals surface area contributed by atoms with E-state index in [0.717, 1.165) is 5.56 Å². The fourth-order valence-electron chi connectivity index (χ4n) is 1.76. The molecule has 0 radical (unpaired) electrons. The summed E-state index contributed by atoms with van der Waals surface area (Å²) in [4.78, 5) is 22.3. The number of carbonyl (C=O) groups is 2. The van der Waals surface area contributed by atoms with Crippen molar-refractivity contribution in [1.82, 2.24) is 0 Å². The first-order valence-electron chi connectivity index (χ1n) is 5.47. The molecular weight excluding hydrogens is 320 g/mol. The summed E-state index contributed by atoms with van der Waals surface area (Å²) < 4.78 is 9.95. The molecule has 0 fully saturated rings. The average molecular weight is 331 g/mol. The number of aliphatic carboxylic acids is 2. The summed E-state index contributed by atoms with van der Waals surface area (Å²) in [5.41, 5.74) is 0.887. The van der Waals surface area contributed by atoms with Crippen LogP contribution in [0, 0.1) is 0 Å². The minimum Gasteiger partial charge on any atom is -0.475 e. The van der Waals surface area contributed by atoms with Crippen molar-refractivity contribution in [1.29, 1.82) is 0 Å². The number of hydrogen-bond acceptors (Lipinski definition) is 4. The van der Waals surface area contributed by atoms with Crippen LogP contribution in [0.15, 0.2) is 18.2 Å². The Balaban J connectivity index is 2.34. The average Bonchev–Trinajstić information content (AvgIpc) is 2.68. The minimum absolute atomic E-state index is 0.107. The zero-order chi connectivity index (χ0) is 14.2. The van der Waals surface area contributed by atoms with Gasteiger partial charge in [-0.1, -0.05) is 28.9 Å². The number of carboxylic acid groups (broad SMARTS) is 2. The molecule has 2 rings (SSSR count). The summed E-state index contributed by atoms with van der Waals surface area (Å²) in [5, 5.41) is 18.0. The van der Waals surface area contributed by atoms with Gasteiger partial charge in [0.25, 0.3) is 0 Å². The zero-order valence-corrected chi connectivity index (χ0v) is 11.5. The van der Waals surface area contributed by atoms with Crippen molar-refractivity contribution in [3.63, 3.8) is 0 Å². The summed E-state index contributed by atoms with van der Waals surface area (Å²) in [6, 6.07) is 4.83. The molecule has 0 aromatic heterocycles. The molecule has 1 heterocycles. The van der Waals surface area contributed by atoms with Crippen molar-refractivity contribution in [2.24, 2.45) is 0 Å². The van der Waals surface area contributed by atoms with Crippen LogP contribution in [0.1, 0.15) is 12.5 Å². The van der Waals surface area contributed by atoms with E-state index >= 15 is 0 Å². The molecule has 0 aliphatic carbocycles. The highest BCUT2D eigenvalue weighted by Crippen LogP contribution is 2.40. The van der Waals surface area contributed by atoms with Crippen LogP contribution in [0.3, 0.4) is 0 Å². The molecule has 1 aliphatic heterocycles. The van der Waals surface area contributed by atoms with E-state index in [9.17, 15) is 9.59 Å². The predicted molar refractivity (Wildman–Crippen MR) is 67.8 cm³/mol. The van der Waals surface area contributed by atoms with Crippen LogP contribution in [-0.4, -0.2) is 32.8 Å². The first kappa shape index (κ1) is 13.7. The first-order valence-corrected chi connectivity index (χ1v) is 6.38. The number of rotatable bonds is 4. The maximum absolute atomic E-state index is 11.1. The van der Waals surface area contributed by atoms with E-state index in [4.69, 9.17) is 19.7 Å².